The molecule has 1 aromatic rings. The number of hydrogen-bond acceptors (Lipinski definition) is 3. The van der Waals surface area contributed by atoms with Gasteiger partial charge in [-0.2, -0.15) is 0 Å². The van der Waals surface area contributed by atoms with Crippen molar-refractivity contribution in [2.45, 2.75) is 19.1 Å². The van der Waals surface area contributed by atoms with E-state index in [2.05, 4.69) is 0 Å². The SMILES string of the molecule is CC(O)C(N)c1cc(Cl)c(N)cc1F. The van der Waals surface area contributed by atoms with Gasteiger partial charge in [0.25, 0.3) is 0 Å². The van der Waals surface area contributed by atoms with Gasteiger partial charge >= 0.3 is 0 Å². The molecule has 0 aliphatic heterocycles. The predicted molar refractivity (Wildman–Crippen MR) is 54.4 cm³/mol. The predicted octanol–water partition coefficient (Wildman–Crippen LogP) is 1.44. The molecule has 0 aliphatic carbocycles. The molecule has 0 aliphatic rings. The van der Waals surface area contributed by atoms with Crippen molar-refractivity contribution in [1.82, 2.24) is 0 Å². The number of nitrogens with two attached hydrogens (primary N) is 2. The lowest BCUT2D eigenvalue weighted by Crippen LogP contribution is -2.24. The summed E-state index contributed by atoms with van der Waals surface area (Å²) in [5.41, 5.74) is 11.3. The second-order valence-corrected chi connectivity index (χ2v) is 3.57. The summed E-state index contributed by atoms with van der Waals surface area (Å²) in [6.45, 7) is 1.48. The van der Waals surface area contributed by atoms with Crippen molar-refractivity contribution in [3.63, 3.8) is 0 Å². The van der Waals surface area contributed by atoms with Gasteiger partial charge in [0.2, 0.25) is 0 Å². The monoisotopic (exact) mass is 218 g/mol. The average molecular weight is 219 g/mol. The van der Waals surface area contributed by atoms with Crippen LogP contribution in [0.3, 0.4) is 0 Å². The number of aliphatic hydroxyl groups excluding tert-OH is 1. The van der Waals surface area contributed by atoms with E-state index in [0.29, 0.717) is 0 Å². The zero-order chi connectivity index (χ0) is 10.9. The van der Waals surface area contributed by atoms with Crippen LogP contribution in [-0.2, 0) is 0 Å². The summed E-state index contributed by atoms with van der Waals surface area (Å²) in [4.78, 5) is 0. The number of rotatable bonds is 2. The first-order valence-electron chi connectivity index (χ1n) is 4.11. The molecule has 1 rings (SSSR count). The van der Waals surface area contributed by atoms with Gasteiger partial charge in [0.1, 0.15) is 5.82 Å². The maximum atomic E-state index is 13.3. The molecule has 0 aromatic heterocycles. The van der Waals surface area contributed by atoms with Crippen molar-refractivity contribution in [3.8, 4) is 0 Å². The van der Waals surface area contributed by atoms with E-state index in [4.69, 9.17) is 23.1 Å². The Bertz CT molecular complexity index is 344. The maximum absolute atomic E-state index is 13.3. The third kappa shape index (κ3) is 2.15. The molecule has 0 spiro atoms. The first kappa shape index (κ1) is 11.2. The Hall–Kier alpha value is -0.840. The van der Waals surface area contributed by atoms with E-state index < -0.39 is 18.0 Å². The summed E-state index contributed by atoms with van der Waals surface area (Å²) in [6, 6.07) is 1.64. The molecule has 0 bridgehead atoms. The summed E-state index contributed by atoms with van der Waals surface area (Å²) in [6.07, 6.45) is -0.843. The van der Waals surface area contributed by atoms with Gasteiger partial charge in [-0.15, -0.1) is 0 Å². The van der Waals surface area contributed by atoms with Gasteiger partial charge in [-0.3, -0.25) is 0 Å². The van der Waals surface area contributed by atoms with Crippen LogP contribution in [0, 0.1) is 5.82 Å². The van der Waals surface area contributed by atoms with Gasteiger partial charge in [0, 0.05) is 5.56 Å². The van der Waals surface area contributed by atoms with Crippen molar-refractivity contribution in [1.29, 1.82) is 0 Å². The highest BCUT2D eigenvalue weighted by Crippen LogP contribution is 2.26. The van der Waals surface area contributed by atoms with Crippen LogP contribution in [0.25, 0.3) is 0 Å². The molecule has 0 saturated carbocycles. The molecule has 0 fully saturated rings. The summed E-state index contributed by atoms with van der Waals surface area (Å²) in [5, 5.41) is 9.43. The van der Waals surface area contributed by atoms with Crippen LogP contribution in [0.2, 0.25) is 5.02 Å². The van der Waals surface area contributed by atoms with Crippen LogP contribution in [0.1, 0.15) is 18.5 Å². The lowest BCUT2D eigenvalue weighted by Gasteiger charge is -2.16. The molecular weight excluding hydrogens is 207 g/mol. The van der Waals surface area contributed by atoms with Gasteiger partial charge in [0.05, 0.1) is 22.9 Å². The Morgan fingerprint density at radius 3 is 2.57 bits per heavy atom. The maximum Gasteiger partial charge on any atom is 0.130 e. The fraction of sp³-hybridized carbons (Fsp3) is 0.333. The number of nitrogen functional groups attached to an aromatic ring is 1. The van der Waals surface area contributed by atoms with Gasteiger partial charge < -0.3 is 16.6 Å². The standard InChI is InChI=1S/C9H12ClFN2O/c1-4(14)9(13)5-2-6(10)8(12)3-7(5)11/h2-4,9,14H,12-13H2,1H3. The van der Waals surface area contributed by atoms with Gasteiger partial charge in [-0.1, -0.05) is 11.6 Å². The second-order valence-electron chi connectivity index (χ2n) is 3.16. The van der Waals surface area contributed by atoms with Gasteiger partial charge in [-0.05, 0) is 19.1 Å². The summed E-state index contributed by atoms with van der Waals surface area (Å²) < 4.78 is 13.3. The molecule has 0 saturated heterocycles. The molecule has 1 aromatic carbocycles. The van der Waals surface area contributed by atoms with E-state index >= 15 is 0 Å². The fourth-order valence-corrected chi connectivity index (χ4v) is 1.27. The number of anilines is 1. The number of benzene rings is 1. The smallest absolute Gasteiger partial charge is 0.130 e. The molecular formula is C9H12ClFN2O. The van der Waals surface area contributed by atoms with Crippen LogP contribution >= 0.6 is 11.6 Å². The lowest BCUT2D eigenvalue weighted by atomic mass is 10.0. The molecule has 78 valence electrons. The van der Waals surface area contributed by atoms with Crippen molar-refractivity contribution in [2.75, 3.05) is 5.73 Å². The zero-order valence-electron chi connectivity index (χ0n) is 7.67. The topological polar surface area (TPSA) is 72.3 Å². The largest absolute Gasteiger partial charge is 0.397 e. The van der Waals surface area contributed by atoms with E-state index in [0.717, 1.165) is 6.07 Å². The van der Waals surface area contributed by atoms with Crippen LogP contribution in [0.15, 0.2) is 12.1 Å². The molecule has 5 N–H and O–H groups in total. The first-order valence-corrected chi connectivity index (χ1v) is 4.49. The second kappa shape index (κ2) is 4.13. The van der Waals surface area contributed by atoms with E-state index in [1.807, 2.05) is 0 Å². The molecule has 2 atom stereocenters. The minimum absolute atomic E-state index is 0.158. The molecule has 0 amide bonds. The van der Waals surface area contributed by atoms with E-state index in [1.54, 1.807) is 0 Å². The highest BCUT2D eigenvalue weighted by atomic mass is 35.5. The molecule has 14 heavy (non-hydrogen) atoms. The van der Waals surface area contributed by atoms with Crippen molar-refractivity contribution in [3.05, 3.63) is 28.5 Å². The Morgan fingerprint density at radius 2 is 2.07 bits per heavy atom. The van der Waals surface area contributed by atoms with Crippen molar-refractivity contribution in [2.24, 2.45) is 5.73 Å². The molecule has 2 unspecified atom stereocenters. The van der Waals surface area contributed by atoms with Crippen molar-refractivity contribution >= 4 is 17.3 Å². The Balaban J connectivity index is 3.15. The molecule has 0 radical (unpaired) electrons. The lowest BCUT2D eigenvalue weighted by molar-refractivity contribution is 0.162. The number of hydrogen-bond donors (Lipinski definition) is 3. The first-order chi connectivity index (χ1) is 6.43. The third-order valence-corrected chi connectivity index (χ3v) is 2.32. The van der Waals surface area contributed by atoms with E-state index in [-0.39, 0.29) is 16.3 Å². The Morgan fingerprint density at radius 1 is 1.50 bits per heavy atom. The van der Waals surface area contributed by atoms with E-state index in [9.17, 15) is 9.50 Å². The number of aliphatic hydroxyl groups is 1. The Kier molecular flexibility index (Phi) is 3.31. The zero-order valence-corrected chi connectivity index (χ0v) is 8.42. The van der Waals surface area contributed by atoms with Crippen LogP contribution in [-0.4, -0.2) is 11.2 Å². The third-order valence-electron chi connectivity index (χ3n) is 1.99. The highest BCUT2D eigenvalue weighted by molar-refractivity contribution is 6.33. The minimum Gasteiger partial charge on any atom is -0.397 e. The van der Waals surface area contributed by atoms with Gasteiger partial charge in [0.15, 0.2) is 0 Å². The summed E-state index contributed by atoms with van der Waals surface area (Å²) in [7, 11) is 0. The molecule has 5 heteroatoms. The Labute approximate surface area is 86.5 Å². The van der Waals surface area contributed by atoms with Crippen LogP contribution in [0.5, 0.6) is 0 Å². The summed E-state index contributed by atoms with van der Waals surface area (Å²) >= 11 is 5.71. The van der Waals surface area contributed by atoms with Crippen LogP contribution < -0.4 is 11.5 Å². The minimum atomic E-state index is -0.843. The fourth-order valence-electron chi connectivity index (χ4n) is 1.09. The highest BCUT2D eigenvalue weighted by Gasteiger charge is 2.17. The number of halogens is 2. The summed E-state index contributed by atoms with van der Waals surface area (Å²) in [5.74, 6) is -0.555. The average Bonchev–Trinajstić information content (AvgIpc) is 2.10. The van der Waals surface area contributed by atoms with Crippen LogP contribution in [0.4, 0.5) is 10.1 Å². The molecule has 3 nitrogen and oxygen atoms in total. The normalized spacial score (nSPS) is 15.2. The quantitative estimate of drug-likeness (QED) is 0.658. The van der Waals surface area contributed by atoms with E-state index in [1.165, 1.54) is 13.0 Å². The van der Waals surface area contributed by atoms with Crippen molar-refractivity contribution < 1.29 is 9.50 Å². The molecule has 0 heterocycles. The van der Waals surface area contributed by atoms with Gasteiger partial charge in [-0.25, -0.2) is 4.39 Å².